The molecule has 0 aliphatic rings. The summed E-state index contributed by atoms with van der Waals surface area (Å²) in [4.78, 5) is 27.1. The molecule has 35 heavy (non-hydrogen) atoms. The molecule has 4 rings (SSSR count). The highest BCUT2D eigenvalue weighted by atomic mass is 79.9. The first-order valence-corrected chi connectivity index (χ1v) is 11.9. The molecule has 0 fully saturated rings. The molecule has 0 unspecified atom stereocenters. The van der Waals surface area contributed by atoms with Gasteiger partial charge in [0.25, 0.3) is 5.56 Å². The van der Waals surface area contributed by atoms with E-state index in [1.807, 2.05) is 19.9 Å². The molecule has 6 nitrogen and oxygen atoms in total. The average Bonchev–Trinajstić information content (AvgIpc) is 2.81. The standard InChI is InChI=1S/C27H26BrFN4O2/c1-16-14-31-26(27(3,4)5)32-24(16)21-13-20(10-11-30-21)33-17(2)12-22(23(28)25(33)34)35-15-18-6-8-19(29)9-7-18/h6-14H,15H2,1-5H3. The first kappa shape index (κ1) is 24.7. The first-order chi connectivity index (χ1) is 16.5. The van der Waals surface area contributed by atoms with Crippen LogP contribution in [0.4, 0.5) is 4.39 Å². The molecule has 0 atom stereocenters. The summed E-state index contributed by atoms with van der Waals surface area (Å²) >= 11 is 3.40. The number of hydrogen-bond acceptors (Lipinski definition) is 5. The molecule has 0 saturated heterocycles. The van der Waals surface area contributed by atoms with E-state index in [9.17, 15) is 9.18 Å². The molecule has 0 amide bonds. The summed E-state index contributed by atoms with van der Waals surface area (Å²) in [6.45, 7) is 10.2. The van der Waals surface area contributed by atoms with E-state index >= 15 is 0 Å². The van der Waals surface area contributed by atoms with Crippen LogP contribution in [0.15, 0.2) is 64.1 Å². The molecule has 4 aromatic rings. The largest absolute Gasteiger partial charge is 0.487 e. The van der Waals surface area contributed by atoms with E-state index in [2.05, 4.69) is 46.7 Å². The predicted octanol–water partition coefficient (Wildman–Crippen LogP) is 6.08. The second-order valence-corrected chi connectivity index (χ2v) is 10.2. The maximum Gasteiger partial charge on any atom is 0.273 e. The quantitative estimate of drug-likeness (QED) is 0.309. The Morgan fingerprint density at radius 2 is 1.77 bits per heavy atom. The molecule has 1 aromatic carbocycles. The molecule has 3 aromatic heterocycles. The van der Waals surface area contributed by atoms with Crippen molar-refractivity contribution in [3.8, 4) is 22.8 Å². The Hall–Kier alpha value is -3.39. The maximum atomic E-state index is 13.3. The number of benzene rings is 1. The minimum atomic E-state index is -0.308. The van der Waals surface area contributed by atoms with Crippen LogP contribution in [0.1, 0.15) is 43.4 Å². The van der Waals surface area contributed by atoms with E-state index in [1.54, 1.807) is 41.2 Å². The van der Waals surface area contributed by atoms with Crippen molar-refractivity contribution in [2.24, 2.45) is 0 Å². The van der Waals surface area contributed by atoms with E-state index in [0.717, 1.165) is 22.6 Å². The molecule has 3 heterocycles. The van der Waals surface area contributed by atoms with Crippen LogP contribution >= 0.6 is 15.9 Å². The molecule has 0 saturated carbocycles. The van der Waals surface area contributed by atoms with Gasteiger partial charge in [0.15, 0.2) is 0 Å². The van der Waals surface area contributed by atoms with E-state index in [4.69, 9.17) is 9.72 Å². The Morgan fingerprint density at radius 1 is 1.06 bits per heavy atom. The number of ether oxygens (including phenoxy) is 1. The van der Waals surface area contributed by atoms with Crippen LogP contribution in [-0.2, 0) is 12.0 Å². The van der Waals surface area contributed by atoms with Gasteiger partial charge in [0.2, 0.25) is 0 Å². The van der Waals surface area contributed by atoms with Crippen LogP contribution in [0.5, 0.6) is 5.75 Å². The number of rotatable bonds is 5. The van der Waals surface area contributed by atoms with Crippen LogP contribution in [0.25, 0.3) is 17.1 Å². The second kappa shape index (κ2) is 9.70. The third kappa shape index (κ3) is 5.32. The molecule has 0 radical (unpaired) electrons. The Kier molecular flexibility index (Phi) is 6.85. The summed E-state index contributed by atoms with van der Waals surface area (Å²) in [5.41, 5.74) is 3.99. The van der Waals surface area contributed by atoms with Crippen LogP contribution < -0.4 is 10.3 Å². The third-order valence-corrected chi connectivity index (χ3v) is 6.22. The zero-order valence-corrected chi connectivity index (χ0v) is 21.9. The lowest BCUT2D eigenvalue weighted by Gasteiger charge is -2.18. The van der Waals surface area contributed by atoms with Gasteiger partial charge in [0, 0.05) is 29.6 Å². The molecule has 0 spiro atoms. The monoisotopic (exact) mass is 536 g/mol. The summed E-state index contributed by atoms with van der Waals surface area (Å²) in [5.74, 6) is 0.838. The number of pyridine rings is 2. The third-order valence-electron chi connectivity index (χ3n) is 5.49. The topological polar surface area (TPSA) is 69.9 Å². The molecule has 8 heteroatoms. The maximum absolute atomic E-state index is 13.3. The van der Waals surface area contributed by atoms with E-state index < -0.39 is 0 Å². The number of nitrogens with zero attached hydrogens (tertiary/aromatic N) is 4. The predicted molar refractivity (Wildman–Crippen MR) is 137 cm³/mol. The molecule has 0 N–H and O–H groups in total. The van der Waals surface area contributed by atoms with Crippen LogP contribution in [-0.4, -0.2) is 19.5 Å². The Labute approximate surface area is 212 Å². The zero-order valence-electron chi connectivity index (χ0n) is 20.3. The highest BCUT2D eigenvalue weighted by Gasteiger charge is 2.20. The van der Waals surface area contributed by atoms with Gasteiger partial charge in [-0.2, -0.15) is 0 Å². The van der Waals surface area contributed by atoms with Crippen molar-refractivity contribution in [1.29, 1.82) is 0 Å². The van der Waals surface area contributed by atoms with Gasteiger partial charge in [0.1, 0.15) is 28.5 Å². The smallest absolute Gasteiger partial charge is 0.273 e. The lowest BCUT2D eigenvalue weighted by atomic mass is 9.95. The van der Waals surface area contributed by atoms with Gasteiger partial charge in [0.05, 0.1) is 17.1 Å². The Balaban J connectivity index is 1.70. The lowest BCUT2D eigenvalue weighted by molar-refractivity contribution is 0.302. The van der Waals surface area contributed by atoms with E-state index in [-0.39, 0.29) is 23.4 Å². The molecular formula is C27H26BrFN4O2. The van der Waals surface area contributed by atoms with Gasteiger partial charge in [-0.1, -0.05) is 32.9 Å². The van der Waals surface area contributed by atoms with Crippen molar-refractivity contribution in [1.82, 2.24) is 19.5 Å². The van der Waals surface area contributed by atoms with Crippen LogP contribution in [0.3, 0.4) is 0 Å². The number of aryl methyl sites for hydroxylation is 2. The fraction of sp³-hybridized carbons (Fsp3) is 0.259. The van der Waals surface area contributed by atoms with Crippen molar-refractivity contribution in [2.45, 2.75) is 46.6 Å². The highest BCUT2D eigenvalue weighted by Crippen LogP contribution is 2.28. The van der Waals surface area contributed by atoms with Crippen LogP contribution in [0, 0.1) is 19.7 Å². The van der Waals surface area contributed by atoms with Crippen molar-refractivity contribution in [3.63, 3.8) is 0 Å². The molecule has 0 aliphatic carbocycles. The molecule has 0 bridgehead atoms. The van der Waals surface area contributed by atoms with Gasteiger partial charge in [-0.25, -0.2) is 14.4 Å². The minimum absolute atomic E-state index is 0.206. The van der Waals surface area contributed by atoms with Gasteiger partial charge < -0.3 is 4.74 Å². The average molecular weight is 537 g/mol. The first-order valence-electron chi connectivity index (χ1n) is 11.1. The second-order valence-electron chi connectivity index (χ2n) is 9.39. The van der Waals surface area contributed by atoms with Gasteiger partial charge in [-0.3, -0.25) is 14.3 Å². The molecule has 0 aliphatic heterocycles. The fourth-order valence-electron chi connectivity index (χ4n) is 3.60. The highest BCUT2D eigenvalue weighted by molar-refractivity contribution is 9.10. The van der Waals surface area contributed by atoms with Crippen molar-refractivity contribution >= 4 is 15.9 Å². The van der Waals surface area contributed by atoms with Gasteiger partial charge >= 0.3 is 0 Å². The van der Waals surface area contributed by atoms with E-state index in [1.165, 1.54) is 12.1 Å². The zero-order chi connectivity index (χ0) is 25.3. The van der Waals surface area contributed by atoms with Gasteiger partial charge in [-0.05, 0) is 65.2 Å². The lowest BCUT2D eigenvalue weighted by Crippen LogP contribution is -2.22. The fourth-order valence-corrected chi connectivity index (χ4v) is 4.01. The normalized spacial score (nSPS) is 11.5. The van der Waals surface area contributed by atoms with Gasteiger partial charge in [-0.15, -0.1) is 0 Å². The SMILES string of the molecule is Cc1cnc(C(C)(C)C)nc1-c1cc(-n2c(C)cc(OCc3ccc(F)cc3)c(Br)c2=O)ccn1. The summed E-state index contributed by atoms with van der Waals surface area (Å²) in [6.07, 6.45) is 3.47. The van der Waals surface area contributed by atoms with Crippen LogP contribution in [0.2, 0.25) is 0 Å². The number of hydrogen-bond donors (Lipinski definition) is 0. The summed E-state index contributed by atoms with van der Waals surface area (Å²) in [7, 11) is 0. The molecule has 180 valence electrons. The Bertz CT molecular complexity index is 1440. The van der Waals surface area contributed by atoms with Crippen molar-refractivity contribution in [2.75, 3.05) is 0 Å². The number of aromatic nitrogens is 4. The summed E-state index contributed by atoms with van der Waals surface area (Å²) in [5, 5.41) is 0. The number of halogens is 2. The van der Waals surface area contributed by atoms with Crippen molar-refractivity contribution < 1.29 is 9.13 Å². The van der Waals surface area contributed by atoms with E-state index in [0.29, 0.717) is 27.3 Å². The molecular weight excluding hydrogens is 511 g/mol. The summed E-state index contributed by atoms with van der Waals surface area (Å²) < 4.78 is 20.9. The van der Waals surface area contributed by atoms with Crippen molar-refractivity contribution in [3.05, 3.63) is 98.1 Å². The Morgan fingerprint density at radius 3 is 2.46 bits per heavy atom. The minimum Gasteiger partial charge on any atom is -0.487 e. The summed E-state index contributed by atoms with van der Waals surface area (Å²) in [6, 6.07) is 11.5.